The van der Waals surface area contributed by atoms with E-state index in [-0.39, 0.29) is 24.1 Å². The minimum absolute atomic E-state index is 0.00315. The summed E-state index contributed by atoms with van der Waals surface area (Å²) in [6.45, 7) is 5.67. The van der Waals surface area contributed by atoms with Gasteiger partial charge in [0.05, 0.1) is 32.1 Å². The summed E-state index contributed by atoms with van der Waals surface area (Å²) in [5.74, 6) is 1.07. The van der Waals surface area contributed by atoms with E-state index in [9.17, 15) is 9.59 Å². The van der Waals surface area contributed by atoms with Crippen LogP contribution in [0.2, 0.25) is 0 Å². The summed E-state index contributed by atoms with van der Waals surface area (Å²) in [6, 6.07) is 1.76. The summed E-state index contributed by atoms with van der Waals surface area (Å²) in [7, 11) is 2.89. The maximum absolute atomic E-state index is 13.3. The number of morpholine rings is 1. The van der Waals surface area contributed by atoms with Crippen LogP contribution in [-0.2, 0) is 20.7 Å². The van der Waals surface area contributed by atoms with Gasteiger partial charge in [0.15, 0.2) is 0 Å². The number of hydrogen-bond donors (Lipinski definition) is 2. The normalized spacial score (nSPS) is 21.8. The van der Waals surface area contributed by atoms with E-state index in [1.165, 1.54) is 7.11 Å². The highest BCUT2D eigenvalue weighted by molar-refractivity contribution is 5.82. The summed E-state index contributed by atoms with van der Waals surface area (Å²) in [5, 5.41) is 5.91. The van der Waals surface area contributed by atoms with Gasteiger partial charge in [-0.1, -0.05) is 0 Å². The fourth-order valence-corrected chi connectivity index (χ4v) is 3.72. The standard InChI is InChI=1S/C21H33N5O5/c1-13-11-22-12-17(31-13)20(27)26(15-7-8-15)14(2)16-10-19(29-3)25-18(24-16)6-5-9-23-21(28)30-4/h10,13-15,17,22H,5-9,11-12H2,1-4H3,(H,23,28)/t13-,14-,17-/m1/s1. The number of aryl methyl sites for hydroxylation is 1. The first kappa shape index (κ1) is 23.2. The largest absolute Gasteiger partial charge is 0.481 e. The number of ether oxygens (including phenoxy) is 3. The highest BCUT2D eigenvalue weighted by Gasteiger charge is 2.41. The molecule has 1 saturated heterocycles. The van der Waals surface area contributed by atoms with Gasteiger partial charge in [0.1, 0.15) is 11.9 Å². The Hall–Kier alpha value is -2.46. The molecule has 1 aromatic rings. The van der Waals surface area contributed by atoms with Crippen molar-refractivity contribution in [2.45, 2.75) is 63.8 Å². The van der Waals surface area contributed by atoms with Crippen molar-refractivity contribution in [1.82, 2.24) is 25.5 Å². The Balaban J connectivity index is 1.72. The summed E-state index contributed by atoms with van der Waals surface area (Å²) in [5.41, 5.74) is 0.736. The van der Waals surface area contributed by atoms with Crippen LogP contribution in [0.25, 0.3) is 0 Å². The minimum Gasteiger partial charge on any atom is -0.481 e. The number of rotatable bonds is 9. The average Bonchev–Trinajstić information content (AvgIpc) is 3.61. The molecule has 0 spiro atoms. The number of nitrogens with one attached hydrogen (secondary N) is 2. The molecule has 0 unspecified atom stereocenters. The predicted octanol–water partition coefficient (Wildman–Crippen LogP) is 1.20. The number of carbonyl (C=O) groups excluding carboxylic acids is 2. The Kier molecular flexibility index (Phi) is 8.03. The first-order valence-electron chi connectivity index (χ1n) is 10.8. The zero-order valence-corrected chi connectivity index (χ0v) is 18.7. The van der Waals surface area contributed by atoms with Crippen molar-refractivity contribution < 1.29 is 23.8 Å². The van der Waals surface area contributed by atoms with Gasteiger partial charge in [0.2, 0.25) is 5.88 Å². The lowest BCUT2D eigenvalue weighted by Crippen LogP contribution is -2.53. The zero-order valence-electron chi connectivity index (χ0n) is 18.7. The van der Waals surface area contributed by atoms with Gasteiger partial charge in [-0.2, -0.15) is 4.98 Å². The smallest absolute Gasteiger partial charge is 0.406 e. The zero-order chi connectivity index (χ0) is 22.4. The van der Waals surface area contributed by atoms with Crippen molar-refractivity contribution >= 4 is 12.0 Å². The monoisotopic (exact) mass is 435 g/mol. The van der Waals surface area contributed by atoms with Crippen LogP contribution in [0.1, 0.15) is 50.7 Å². The van der Waals surface area contributed by atoms with Crippen molar-refractivity contribution in [2.75, 3.05) is 33.9 Å². The number of alkyl carbamates (subject to hydrolysis) is 1. The molecule has 0 radical (unpaired) electrons. The molecule has 0 bridgehead atoms. The second-order valence-electron chi connectivity index (χ2n) is 8.02. The molecule has 0 aromatic carbocycles. The van der Waals surface area contributed by atoms with Crippen LogP contribution < -0.4 is 15.4 Å². The number of aromatic nitrogens is 2. The third kappa shape index (κ3) is 6.27. The molecule has 172 valence electrons. The molecule has 3 rings (SSSR count). The maximum Gasteiger partial charge on any atom is 0.406 e. The van der Waals surface area contributed by atoms with Crippen molar-refractivity contribution in [2.24, 2.45) is 0 Å². The molecule has 2 aliphatic rings. The fraction of sp³-hybridized carbons (Fsp3) is 0.714. The van der Waals surface area contributed by atoms with Gasteiger partial charge in [-0.25, -0.2) is 9.78 Å². The van der Waals surface area contributed by atoms with Gasteiger partial charge in [-0.15, -0.1) is 0 Å². The molecule has 10 heteroatoms. The Morgan fingerprint density at radius 3 is 2.74 bits per heavy atom. The molecule has 2 fully saturated rings. The van der Waals surface area contributed by atoms with Gasteiger partial charge >= 0.3 is 6.09 Å². The number of carbonyl (C=O) groups is 2. The van der Waals surface area contributed by atoms with Crippen LogP contribution >= 0.6 is 0 Å². The Morgan fingerprint density at radius 1 is 1.32 bits per heavy atom. The van der Waals surface area contributed by atoms with E-state index in [1.807, 2.05) is 18.7 Å². The predicted molar refractivity (Wildman–Crippen MR) is 113 cm³/mol. The number of nitrogens with zero attached hydrogens (tertiary/aromatic N) is 3. The minimum atomic E-state index is -0.487. The van der Waals surface area contributed by atoms with Gasteiger partial charge in [0, 0.05) is 38.2 Å². The van der Waals surface area contributed by atoms with Crippen LogP contribution in [0.4, 0.5) is 4.79 Å². The molecule has 10 nitrogen and oxygen atoms in total. The number of methoxy groups -OCH3 is 2. The highest BCUT2D eigenvalue weighted by atomic mass is 16.5. The van der Waals surface area contributed by atoms with Crippen LogP contribution in [0.3, 0.4) is 0 Å². The van der Waals surface area contributed by atoms with Gasteiger partial charge in [0.25, 0.3) is 5.91 Å². The fourth-order valence-electron chi connectivity index (χ4n) is 3.72. The van der Waals surface area contributed by atoms with Crippen LogP contribution in [-0.4, -0.2) is 79.0 Å². The first-order valence-corrected chi connectivity index (χ1v) is 10.8. The van der Waals surface area contributed by atoms with E-state index in [0.29, 0.717) is 37.6 Å². The van der Waals surface area contributed by atoms with Crippen LogP contribution in [0.15, 0.2) is 6.07 Å². The molecule has 2 amide bonds. The Bertz CT molecular complexity index is 773. The first-order chi connectivity index (χ1) is 14.9. The van der Waals surface area contributed by atoms with E-state index in [2.05, 4.69) is 20.4 Å². The van der Waals surface area contributed by atoms with E-state index in [1.54, 1.807) is 13.2 Å². The molecule has 1 saturated carbocycles. The molecule has 2 N–H and O–H groups in total. The van der Waals surface area contributed by atoms with E-state index >= 15 is 0 Å². The molecular formula is C21H33N5O5. The van der Waals surface area contributed by atoms with Crippen molar-refractivity contribution in [1.29, 1.82) is 0 Å². The van der Waals surface area contributed by atoms with Crippen LogP contribution in [0, 0.1) is 0 Å². The molecule has 31 heavy (non-hydrogen) atoms. The quantitative estimate of drug-likeness (QED) is 0.556. The summed E-state index contributed by atoms with van der Waals surface area (Å²) < 4.78 is 15.8. The third-order valence-corrected chi connectivity index (χ3v) is 5.48. The lowest BCUT2D eigenvalue weighted by Gasteiger charge is -2.35. The Morgan fingerprint density at radius 2 is 2.10 bits per heavy atom. The summed E-state index contributed by atoms with van der Waals surface area (Å²) >= 11 is 0. The van der Waals surface area contributed by atoms with E-state index in [4.69, 9.17) is 14.5 Å². The molecule has 1 aromatic heterocycles. The lowest BCUT2D eigenvalue weighted by molar-refractivity contribution is -0.152. The molecular weight excluding hydrogens is 402 g/mol. The van der Waals surface area contributed by atoms with Crippen molar-refractivity contribution in [3.05, 3.63) is 17.6 Å². The third-order valence-electron chi connectivity index (χ3n) is 5.48. The van der Waals surface area contributed by atoms with Crippen LogP contribution in [0.5, 0.6) is 5.88 Å². The summed E-state index contributed by atoms with van der Waals surface area (Å²) in [4.78, 5) is 35.5. The highest BCUT2D eigenvalue weighted by Crippen LogP contribution is 2.35. The molecule has 1 aliphatic carbocycles. The molecule has 3 atom stereocenters. The maximum atomic E-state index is 13.3. The number of hydrogen-bond acceptors (Lipinski definition) is 8. The number of amides is 2. The topological polar surface area (TPSA) is 115 Å². The Labute approximate surface area is 183 Å². The average molecular weight is 436 g/mol. The van der Waals surface area contributed by atoms with Gasteiger partial charge in [-0.3, -0.25) is 4.79 Å². The second kappa shape index (κ2) is 10.7. The van der Waals surface area contributed by atoms with Gasteiger partial charge in [-0.05, 0) is 33.1 Å². The SMILES string of the molecule is COC(=O)NCCCc1nc(OC)cc([C@@H](C)N(C(=O)[C@H]2CNC[C@@H](C)O2)C2CC2)n1. The van der Waals surface area contributed by atoms with E-state index in [0.717, 1.165) is 25.1 Å². The summed E-state index contributed by atoms with van der Waals surface area (Å²) in [6.07, 6.45) is 2.24. The second-order valence-corrected chi connectivity index (χ2v) is 8.02. The van der Waals surface area contributed by atoms with Crippen molar-refractivity contribution in [3.63, 3.8) is 0 Å². The van der Waals surface area contributed by atoms with Crippen molar-refractivity contribution in [3.8, 4) is 5.88 Å². The van der Waals surface area contributed by atoms with Gasteiger partial charge < -0.3 is 29.7 Å². The lowest BCUT2D eigenvalue weighted by atomic mass is 10.1. The van der Waals surface area contributed by atoms with E-state index < -0.39 is 12.2 Å². The molecule has 2 heterocycles. The molecule has 1 aliphatic heterocycles.